The Morgan fingerprint density at radius 2 is 1.69 bits per heavy atom. The standard InChI is InChI=1S/C35H31N3O5S2/c1-3-19-43-27-18-17-24(20-28(27)42-4-2)30-29(31(39)23-12-6-5-7-13-23)32(40)33(41)38(30)34-36-37-35(45-34)44-21-25-15-10-14-22-11-8-9-16-26(22)25/h5-18,20,30,39H,3-4,19,21H2,1-2H3. The molecule has 1 amide bonds. The van der Waals surface area contributed by atoms with Gasteiger partial charge in [-0.3, -0.25) is 14.5 Å². The van der Waals surface area contributed by atoms with E-state index in [2.05, 4.69) is 34.5 Å². The van der Waals surface area contributed by atoms with E-state index < -0.39 is 17.7 Å². The highest BCUT2D eigenvalue weighted by molar-refractivity contribution is 8.00. The maximum Gasteiger partial charge on any atom is 0.301 e. The van der Waals surface area contributed by atoms with Crippen molar-refractivity contribution < 1.29 is 24.2 Å². The van der Waals surface area contributed by atoms with Gasteiger partial charge in [0.1, 0.15) is 5.76 Å². The minimum Gasteiger partial charge on any atom is -0.507 e. The molecule has 1 unspecified atom stereocenters. The zero-order chi connectivity index (χ0) is 31.3. The lowest BCUT2D eigenvalue weighted by molar-refractivity contribution is -0.132. The van der Waals surface area contributed by atoms with Gasteiger partial charge in [-0.25, -0.2) is 0 Å². The highest BCUT2D eigenvalue weighted by Crippen LogP contribution is 2.45. The summed E-state index contributed by atoms with van der Waals surface area (Å²) in [6, 6.07) is 27.5. The van der Waals surface area contributed by atoms with Gasteiger partial charge in [0.2, 0.25) is 5.13 Å². The van der Waals surface area contributed by atoms with E-state index in [1.165, 1.54) is 33.4 Å². The molecule has 1 atom stereocenters. The number of ketones is 1. The SMILES string of the molecule is CCCOc1ccc(C2C(=C(O)c3ccccc3)C(=O)C(=O)N2c2nnc(SCc3cccc4ccccc34)s2)cc1OCC. The summed E-state index contributed by atoms with van der Waals surface area (Å²) in [5, 5.41) is 22.8. The monoisotopic (exact) mass is 637 g/mol. The number of carbonyl (C=O) groups is 2. The third kappa shape index (κ3) is 6.16. The van der Waals surface area contributed by atoms with E-state index in [1.807, 2.05) is 38.1 Å². The Labute approximate surface area is 269 Å². The van der Waals surface area contributed by atoms with Gasteiger partial charge in [0.05, 0.1) is 24.8 Å². The van der Waals surface area contributed by atoms with Gasteiger partial charge in [0.25, 0.3) is 5.78 Å². The maximum absolute atomic E-state index is 13.7. The van der Waals surface area contributed by atoms with Gasteiger partial charge in [-0.2, -0.15) is 0 Å². The lowest BCUT2D eigenvalue weighted by Gasteiger charge is -2.23. The number of rotatable bonds is 11. The lowest BCUT2D eigenvalue weighted by atomic mass is 9.95. The first kappa shape index (κ1) is 30.4. The Morgan fingerprint density at radius 3 is 2.49 bits per heavy atom. The first-order valence-corrected chi connectivity index (χ1v) is 16.5. The zero-order valence-electron chi connectivity index (χ0n) is 24.8. The largest absolute Gasteiger partial charge is 0.507 e. The molecule has 0 saturated carbocycles. The molecule has 0 radical (unpaired) electrons. The van der Waals surface area contributed by atoms with Crippen LogP contribution in [0.2, 0.25) is 0 Å². The number of nitrogens with zero attached hydrogens (tertiary/aromatic N) is 3. The second-order valence-corrected chi connectivity index (χ2v) is 12.5. The number of ether oxygens (including phenoxy) is 2. The number of aliphatic hydroxyl groups excluding tert-OH is 1. The third-order valence-electron chi connectivity index (χ3n) is 7.37. The number of anilines is 1. The van der Waals surface area contributed by atoms with Crippen LogP contribution in [-0.2, 0) is 15.3 Å². The summed E-state index contributed by atoms with van der Waals surface area (Å²) in [5.41, 5.74) is 2.12. The fourth-order valence-corrected chi connectivity index (χ4v) is 7.18. The van der Waals surface area contributed by atoms with Gasteiger partial charge in [0, 0.05) is 11.3 Å². The number of benzene rings is 4. The van der Waals surface area contributed by atoms with Gasteiger partial charge >= 0.3 is 5.91 Å². The van der Waals surface area contributed by atoms with Crippen LogP contribution in [0.3, 0.4) is 0 Å². The van der Waals surface area contributed by atoms with Gasteiger partial charge in [-0.15, -0.1) is 10.2 Å². The molecule has 1 aliphatic rings. The van der Waals surface area contributed by atoms with Gasteiger partial charge in [-0.1, -0.05) is 109 Å². The van der Waals surface area contributed by atoms with Gasteiger partial charge < -0.3 is 14.6 Å². The average Bonchev–Trinajstić information content (AvgIpc) is 3.64. The van der Waals surface area contributed by atoms with Crippen molar-refractivity contribution in [1.82, 2.24) is 10.2 Å². The van der Waals surface area contributed by atoms with Crippen LogP contribution in [0.15, 0.2) is 101 Å². The molecule has 45 heavy (non-hydrogen) atoms. The molecular weight excluding hydrogens is 607 g/mol. The normalized spacial score (nSPS) is 16.0. The summed E-state index contributed by atoms with van der Waals surface area (Å²) < 4.78 is 12.4. The second kappa shape index (κ2) is 13.5. The first-order chi connectivity index (χ1) is 22.0. The van der Waals surface area contributed by atoms with Crippen LogP contribution in [0.4, 0.5) is 5.13 Å². The van der Waals surface area contributed by atoms with Crippen LogP contribution in [0, 0.1) is 0 Å². The number of hydrogen-bond donors (Lipinski definition) is 1. The quantitative estimate of drug-likeness (QED) is 0.0515. The van der Waals surface area contributed by atoms with Gasteiger partial charge in [-0.05, 0) is 47.4 Å². The predicted molar refractivity (Wildman–Crippen MR) is 178 cm³/mol. The summed E-state index contributed by atoms with van der Waals surface area (Å²) in [4.78, 5) is 28.7. The number of fused-ring (bicyclic) bond motifs is 1. The highest BCUT2D eigenvalue weighted by atomic mass is 32.2. The summed E-state index contributed by atoms with van der Waals surface area (Å²) in [7, 11) is 0. The Morgan fingerprint density at radius 1 is 0.911 bits per heavy atom. The molecule has 228 valence electrons. The average molecular weight is 638 g/mol. The summed E-state index contributed by atoms with van der Waals surface area (Å²) in [6.07, 6.45) is 0.822. The van der Waals surface area contributed by atoms with Crippen molar-refractivity contribution in [3.8, 4) is 11.5 Å². The highest BCUT2D eigenvalue weighted by Gasteiger charge is 2.48. The fraction of sp³-hybridized carbons (Fsp3) is 0.200. The number of aromatic nitrogens is 2. The Kier molecular flexibility index (Phi) is 9.13. The molecule has 0 spiro atoms. The number of amides is 1. The summed E-state index contributed by atoms with van der Waals surface area (Å²) in [5.74, 6) is -0.152. The topological polar surface area (TPSA) is 102 Å². The molecule has 1 N–H and O–H groups in total. The molecule has 1 aliphatic heterocycles. The van der Waals surface area contributed by atoms with E-state index in [-0.39, 0.29) is 16.5 Å². The molecule has 10 heteroatoms. The fourth-order valence-electron chi connectivity index (χ4n) is 5.31. The Bertz CT molecular complexity index is 1880. The van der Waals surface area contributed by atoms with Crippen LogP contribution < -0.4 is 14.4 Å². The van der Waals surface area contributed by atoms with Crippen molar-refractivity contribution in [2.24, 2.45) is 0 Å². The zero-order valence-corrected chi connectivity index (χ0v) is 26.4. The summed E-state index contributed by atoms with van der Waals surface area (Å²) >= 11 is 2.74. The van der Waals surface area contributed by atoms with Crippen molar-refractivity contribution in [3.05, 3.63) is 113 Å². The van der Waals surface area contributed by atoms with Crippen molar-refractivity contribution in [2.45, 2.75) is 36.4 Å². The molecule has 1 saturated heterocycles. The van der Waals surface area contributed by atoms with Crippen molar-refractivity contribution in [3.63, 3.8) is 0 Å². The van der Waals surface area contributed by atoms with Gasteiger partial charge in [0.15, 0.2) is 15.8 Å². The smallest absolute Gasteiger partial charge is 0.301 e. The maximum atomic E-state index is 13.7. The molecule has 1 fully saturated rings. The summed E-state index contributed by atoms with van der Waals surface area (Å²) in [6.45, 7) is 4.79. The minimum absolute atomic E-state index is 0.0315. The molecule has 0 bridgehead atoms. The molecule has 6 rings (SSSR count). The first-order valence-electron chi connectivity index (χ1n) is 14.7. The molecule has 8 nitrogen and oxygen atoms in total. The second-order valence-electron chi connectivity index (χ2n) is 10.3. The predicted octanol–water partition coefficient (Wildman–Crippen LogP) is 7.80. The molecular formula is C35H31N3O5S2. The molecule has 1 aromatic heterocycles. The van der Waals surface area contributed by atoms with E-state index in [9.17, 15) is 14.7 Å². The van der Waals surface area contributed by atoms with E-state index in [0.717, 1.165) is 17.4 Å². The van der Waals surface area contributed by atoms with Crippen LogP contribution in [0.5, 0.6) is 11.5 Å². The van der Waals surface area contributed by atoms with E-state index in [4.69, 9.17) is 9.47 Å². The van der Waals surface area contributed by atoms with E-state index >= 15 is 0 Å². The molecule has 5 aromatic rings. The van der Waals surface area contributed by atoms with Crippen molar-refractivity contribution >= 4 is 56.5 Å². The van der Waals surface area contributed by atoms with Crippen molar-refractivity contribution in [2.75, 3.05) is 18.1 Å². The van der Waals surface area contributed by atoms with E-state index in [1.54, 1.807) is 42.5 Å². The van der Waals surface area contributed by atoms with Crippen LogP contribution in [-0.4, -0.2) is 40.2 Å². The number of aliphatic hydroxyl groups is 1. The Hall–Kier alpha value is -4.67. The number of carbonyl (C=O) groups excluding carboxylic acids is 2. The molecule has 0 aliphatic carbocycles. The van der Waals surface area contributed by atoms with Crippen LogP contribution in [0.1, 0.15) is 43.0 Å². The Balaban J connectivity index is 1.39. The lowest BCUT2D eigenvalue weighted by Crippen LogP contribution is -2.29. The van der Waals surface area contributed by atoms with E-state index in [0.29, 0.717) is 45.9 Å². The minimum atomic E-state index is -0.964. The number of hydrogen-bond acceptors (Lipinski definition) is 9. The van der Waals surface area contributed by atoms with Crippen LogP contribution >= 0.6 is 23.1 Å². The molecule has 4 aromatic carbocycles. The van der Waals surface area contributed by atoms with Crippen molar-refractivity contribution in [1.29, 1.82) is 0 Å². The number of Topliss-reactive ketones (excluding diaryl/α,β-unsaturated/α-hetero) is 1. The number of thioether (sulfide) groups is 1. The third-order valence-corrected chi connectivity index (χ3v) is 9.47. The molecule has 2 heterocycles. The van der Waals surface area contributed by atoms with Crippen LogP contribution in [0.25, 0.3) is 16.5 Å².